The molecule has 0 spiro atoms. The minimum atomic E-state index is -0.584. The van der Waals surface area contributed by atoms with Gasteiger partial charge < -0.3 is 14.6 Å². The van der Waals surface area contributed by atoms with Crippen LogP contribution in [0.4, 0.5) is 0 Å². The van der Waals surface area contributed by atoms with E-state index in [0.717, 1.165) is 6.42 Å². The lowest BCUT2D eigenvalue weighted by atomic mass is 10.0. The summed E-state index contributed by atoms with van der Waals surface area (Å²) in [4.78, 5) is 0. The van der Waals surface area contributed by atoms with E-state index in [4.69, 9.17) is 9.47 Å². The van der Waals surface area contributed by atoms with Crippen molar-refractivity contribution in [3.8, 4) is 0 Å². The molecule has 2 aliphatic rings. The summed E-state index contributed by atoms with van der Waals surface area (Å²) in [5.41, 5.74) is 0. The summed E-state index contributed by atoms with van der Waals surface area (Å²) in [6, 6.07) is 0. The largest absolute Gasteiger partial charge is 0.392 e. The lowest BCUT2D eigenvalue weighted by Crippen LogP contribution is -2.41. The first-order chi connectivity index (χ1) is 5.74. The fourth-order valence-electron chi connectivity index (χ4n) is 2.47. The Morgan fingerprint density at radius 3 is 2.25 bits per heavy atom. The second kappa shape index (κ2) is 2.55. The maximum absolute atomic E-state index is 9.61. The zero-order valence-corrected chi connectivity index (χ0v) is 7.36. The Morgan fingerprint density at radius 1 is 1.33 bits per heavy atom. The summed E-state index contributed by atoms with van der Waals surface area (Å²) in [7, 11) is 3.27. The SMILES string of the molecule is COC1(OC)[C@@H]2C=C[C@H]1[C@@H](O)C2. The molecule has 0 radical (unpaired) electrons. The molecule has 68 valence electrons. The molecule has 3 nitrogen and oxygen atoms in total. The van der Waals surface area contributed by atoms with Crippen LogP contribution in [0.15, 0.2) is 12.2 Å². The van der Waals surface area contributed by atoms with Crippen molar-refractivity contribution in [1.29, 1.82) is 0 Å². The highest BCUT2D eigenvalue weighted by atomic mass is 16.7. The molecule has 0 unspecified atom stereocenters. The topological polar surface area (TPSA) is 38.7 Å². The van der Waals surface area contributed by atoms with Crippen molar-refractivity contribution in [3.63, 3.8) is 0 Å². The molecule has 0 aromatic carbocycles. The van der Waals surface area contributed by atoms with Gasteiger partial charge in [-0.25, -0.2) is 0 Å². The number of aliphatic hydroxyl groups is 1. The summed E-state index contributed by atoms with van der Waals surface area (Å²) in [6.45, 7) is 0. The Morgan fingerprint density at radius 2 is 2.00 bits per heavy atom. The number of hydrogen-bond acceptors (Lipinski definition) is 3. The molecule has 3 atom stereocenters. The molecule has 1 N–H and O–H groups in total. The molecule has 12 heavy (non-hydrogen) atoms. The first-order valence-corrected chi connectivity index (χ1v) is 4.21. The number of aliphatic hydroxyl groups excluding tert-OH is 1. The fraction of sp³-hybridized carbons (Fsp3) is 0.778. The standard InChI is InChI=1S/C9H14O3/c1-11-9(12-2)6-3-4-7(9)8(10)5-6/h3-4,6-8,10H,5H2,1-2H3/t6-,7+,8+/m1/s1. The van der Waals surface area contributed by atoms with Gasteiger partial charge in [-0.1, -0.05) is 12.2 Å². The third-order valence-corrected chi connectivity index (χ3v) is 3.08. The third kappa shape index (κ3) is 0.762. The number of rotatable bonds is 2. The van der Waals surface area contributed by atoms with E-state index >= 15 is 0 Å². The predicted octanol–water partition coefficient (Wildman–Crippen LogP) is 0.542. The number of hydrogen-bond donors (Lipinski definition) is 1. The highest BCUT2D eigenvalue weighted by Gasteiger charge is 2.57. The van der Waals surface area contributed by atoms with Crippen LogP contribution in [0.25, 0.3) is 0 Å². The molecule has 0 heterocycles. The van der Waals surface area contributed by atoms with Gasteiger partial charge in [0.05, 0.1) is 12.0 Å². The van der Waals surface area contributed by atoms with Crippen LogP contribution in [0.3, 0.4) is 0 Å². The average Bonchev–Trinajstić information content (AvgIpc) is 2.56. The Kier molecular flexibility index (Phi) is 1.75. The fourth-order valence-corrected chi connectivity index (χ4v) is 2.47. The molecular formula is C9H14O3. The molecule has 2 bridgehead atoms. The van der Waals surface area contributed by atoms with E-state index in [0.29, 0.717) is 0 Å². The lowest BCUT2D eigenvalue weighted by molar-refractivity contribution is -0.234. The first-order valence-electron chi connectivity index (χ1n) is 4.21. The van der Waals surface area contributed by atoms with Crippen LogP contribution in [-0.4, -0.2) is 31.2 Å². The van der Waals surface area contributed by atoms with Crippen molar-refractivity contribution in [2.75, 3.05) is 14.2 Å². The lowest BCUT2D eigenvalue weighted by Gasteiger charge is -2.31. The van der Waals surface area contributed by atoms with E-state index in [9.17, 15) is 5.11 Å². The van der Waals surface area contributed by atoms with Gasteiger partial charge in [-0.15, -0.1) is 0 Å². The minimum Gasteiger partial charge on any atom is -0.392 e. The molecule has 0 aromatic rings. The smallest absolute Gasteiger partial charge is 0.182 e. The highest BCUT2D eigenvalue weighted by molar-refractivity contribution is 5.20. The third-order valence-electron chi connectivity index (χ3n) is 3.08. The van der Waals surface area contributed by atoms with Crippen LogP contribution >= 0.6 is 0 Å². The van der Waals surface area contributed by atoms with E-state index in [1.165, 1.54) is 0 Å². The van der Waals surface area contributed by atoms with E-state index in [1.54, 1.807) is 14.2 Å². The minimum absolute atomic E-state index is 0.0116. The van der Waals surface area contributed by atoms with Gasteiger partial charge in [0, 0.05) is 20.1 Å². The maximum Gasteiger partial charge on any atom is 0.182 e. The van der Waals surface area contributed by atoms with Crippen molar-refractivity contribution in [2.24, 2.45) is 11.8 Å². The van der Waals surface area contributed by atoms with E-state index < -0.39 is 5.79 Å². The van der Waals surface area contributed by atoms with E-state index in [2.05, 4.69) is 6.08 Å². The Hall–Kier alpha value is -0.380. The summed E-state index contributed by atoms with van der Waals surface area (Å²) >= 11 is 0. The second-order valence-corrected chi connectivity index (χ2v) is 3.45. The average molecular weight is 170 g/mol. The zero-order valence-electron chi connectivity index (χ0n) is 7.36. The number of fused-ring (bicyclic) bond motifs is 2. The molecule has 0 saturated heterocycles. The van der Waals surface area contributed by atoms with Crippen molar-refractivity contribution < 1.29 is 14.6 Å². The molecule has 1 fully saturated rings. The van der Waals surface area contributed by atoms with Crippen LogP contribution in [-0.2, 0) is 9.47 Å². The maximum atomic E-state index is 9.61. The molecule has 3 heteroatoms. The molecule has 0 aromatic heterocycles. The van der Waals surface area contributed by atoms with E-state index in [1.807, 2.05) is 6.08 Å². The van der Waals surface area contributed by atoms with Gasteiger partial charge in [0.15, 0.2) is 5.79 Å². The van der Waals surface area contributed by atoms with Crippen molar-refractivity contribution in [1.82, 2.24) is 0 Å². The normalized spacial score (nSPS) is 42.4. The summed E-state index contributed by atoms with van der Waals surface area (Å²) < 4.78 is 10.7. The first kappa shape index (κ1) is 8.23. The number of ether oxygens (including phenoxy) is 2. The van der Waals surface area contributed by atoms with Gasteiger partial charge in [-0.3, -0.25) is 0 Å². The zero-order chi connectivity index (χ0) is 8.77. The van der Waals surface area contributed by atoms with Crippen molar-refractivity contribution in [2.45, 2.75) is 18.3 Å². The van der Waals surface area contributed by atoms with E-state index in [-0.39, 0.29) is 17.9 Å². The predicted molar refractivity (Wildman–Crippen MR) is 43.5 cm³/mol. The molecule has 1 saturated carbocycles. The molecule has 0 aliphatic heterocycles. The molecule has 2 aliphatic carbocycles. The van der Waals surface area contributed by atoms with Gasteiger partial charge in [0.2, 0.25) is 0 Å². The van der Waals surface area contributed by atoms with Crippen molar-refractivity contribution >= 4 is 0 Å². The monoisotopic (exact) mass is 170 g/mol. The van der Waals surface area contributed by atoms with Crippen LogP contribution in [0.5, 0.6) is 0 Å². The summed E-state index contributed by atoms with van der Waals surface area (Å²) in [5, 5.41) is 9.61. The Bertz CT molecular complexity index is 208. The highest BCUT2D eigenvalue weighted by Crippen LogP contribution is 2.49. The Labute approximate surface area is 72.0 Å². The second-order valence-electron chi connectivity index (χ2n) is 3.45. The van der Waals surface area contributed by atoms with Gasteiger partial charge in [-0.05, 0) is 6.42 Å². The van der Waals surface area contributed by atoms with Gasteiger partial charge >= 0.3 is 0 Å². The van der Waals surface area contributed by atoms with Gasteiger partial charge in [0.1, 0.15) is 0 Å². The van der Waals surface area contributed by atoms with Gasteiger partial charge in [0.25, 0.3) is 0 Å². The van der Waals surface area contributed by atoms with Crippen LogP contribution in [0.2, 0.25) is 0 Å². The van der Waals surface area contributed by atoms with Crippen LogP contribution < -0.4 is 0 Å². The van der Waals surface area contributed by atoms with Gasteiger partial charge in [-0.2, -0.15) is 0 Å². The molecule has 0 amide bonds. The molecular weight excluding hydrogens is 156 g/mol. The summed E-state index contributed by atoms with van der Waals surface area (Å²) in [6.07, 6.45) is 4.51. The number of methoxy groups -OCH3 is 2. The Balaban J connectivity index is 2.30. The molecule has 2 rings (SSSR count). The van der Waals surface area contributed by atoms with Crippen LogP contribution in [0.1, 0.15) is 6.42 Å². The van der Waals surface area contributed by atoms with Crippen molar-refractivity contribution in [3.05, 3.63) is 12.2 Å². The quantitative estimate of drug-likeness (QED) is 0.485. The van der Waals surface area contributed by atoms with Crippen LogP contribution in [0, 0.1) is 11.8 Å². The summed E-state index contributed by atoms with van der Waals surface area (Å²) in [5.74, 6) is -0.357.